The largest absolute Gasteiger partial charge is 0.384 e. The van der Waals surface area contributed by atoms with Crippen molar-refractivity contribution in [2.45, 2.75) is 31.4 Å². The molecule has 1 unspecified atom stereocenters. The summed E-state index contributed by atoms with van der Waals surface area (Å²) < 4.78 is 0. The minimum atomic E-state index is -0.840. The van der Waals surface area contributed by atoms with Gasteiger partial charge in [0.05, 0.1) is 5.60 Å². The van der Waals surface area contributed by atoms with Crippen LogP contribution in [0.2, 0.25) is 5.02 Å². The molecule has 3 heteroatoms. The van der Waals surface area contributed by atoms with E-state index in [0.29, 0.717) is 17.6 Å². The van der Waals surface area contributed by atoms with Crippen LogP contribution in [0.4, 0.5) is 0 Å². The van der Waals surface area contributed by atoms with Gasteiger partial charge in [-0.2, -0.15) is 0 Å². The second-order valence-corrected chi connectivity index (χ2v) is 4.88. The Bertz CT molecular complexity index is 347. The Hall–Kier alpha value is -0.570. The van der Waals surface area contributed by atoms with Gasteiger partial charge in [-0.1, -0.05) is 23.7 Å². The maximum atomic E-state index is 10.3. The van der Waals surface area contributed by atoms with E-state index in [2.05, 4.69) is 5.32 Å². The zero-order valence-electron chi connectivity index (χ0n) is 8.83. The molecular weight excluding hydrogens is 210 g/mol. The van der Waals surface area contributed by atoms with E-state index in [1.54, 1.807) is 0 Å². The average molecular weight is 226 g/mol. The van der Waals surface area contributed by atoms with E-state index in [4.69, 9.17) is 11.6 Å². The SMILES string of the molecule is CC(O)(CNC1CC1)c1cccc(Cl)c1. The topological polar surface area (TPSA) is 32.3 Å². The maximum absolute atomic E-state index is 10.3. The highest BCUT2D eigenvalue weighted by Crippen LogP contribution is 2.25. The van der Waals surface area contributed by atoms with Crippen molar-refractivity contribution in [3.63, 3.8) is 0 Å². The molecule has 82 valence electrons. The van der Waals surface area contributed by atoms with Gasteiger partial charge in [-0.25, -0.2) is 0 Å². The molecule has 1 aromatic carbocycles. The van der Waals surface area contributed by atoms with Crippen LogP contribution in [0.5, 0.6) is 0 Å². The molecule has 0 heterocycles. The van der Waals surface area contributed by atoms with E-state index in [1.807, 2.05) is 31.2 Å². The first-order valence-electron chi connectivity index (χ1n) is 5.30. The van der Waals surface area contributed by atoms with Gasteiger partial charge in [-0.05, 0) is 37.5 Å². The van der Waals surface area contributed by atoms with Crippen molar-refractivity contribution in [2.24, 2.45) is 0 Å². The van der Waals surface area contributed by atoms with E-state index in [-0.39, 0.29) is 0 Å². The lowest BCUT2D eigenvalue weighted by Crippen LogP contribution is -2.36. The van der Waals surface area contributed by atoms with Crippen LogP contribution in [0, 0.1) is 0 Å². The molecule has 0 bridgehead atoms. The molecule has 1 aliphatic rings. The molecule has 1 atom stereocenters. The Morgan fingerprint density at radius 1 is 1.53 bits per heavy atom. The normalized spacial score (nSPS) is 19.9. The lowest BCUT2D eigenvalue weighted by atomic mass is 9.96. The fraction of sp³-hybridized carbons (Fsp3) is 0.500. The van der Waals surface area contributed by atoms with E-state index in [1.165, 1.54) is 12.8 Å². The van der Waals surface area contributed by atoms with Crippen molar-refractivity contribution in [1.29, 1.82) is 0 Å². The summed E-state index contributed by atoms with van der Waals surface area (Å²) in [5.74, 6) is 0. The summed E-state index contributed by atoms with van der Waals surface area (Å²) in [6, 6.07) is 8.01. The van der Waals surface area contributed by atoms with Crippen LogP contribution >= 0.6 is 11.6 Å². The zero-order chi connectivity index (χ0) is 10.9. The second kappa shape index (κ2) is 4.12. The Balaban J connectivity index is 2.05. The van der Waals surface area contributed by atoms with Crippen molar-refractivity contribution in [3.05, 3.63) is 34.9 Å². The minimum Gasteiger partial charge on any atom is -0.384 e. The highest BCUT2D eigenvalue weighted by molar-refractivity contribution is 6.30. The van der Waals surface area contributed by atoms with E-state index in [0.717, 1.165) is 5.56 Å². The number of hydrogen-bond acceptors (Lipinski definition) is 2. The third kappa shape index (κ3) is 2.94. The van der Waals surface area contributed by atoms with Crippen LogP contribution in [0.15, 0.2) is 24.3 Å². The van der Waals surface area contributed by atoms with Crippen molar-refractivity contribution in [3.8, 4) is 0 Å². The fourth-order valence-electron chi connectivity index (χ4n) is 1.56. The molecule has 1 aliphatic carbocycles. The fourth-order valence-corrected chi connectivity index (χ4v) is 1.75. The molecule has 0 aliphatic heterocycles. The number of halogens is 1. The number of nitrogens with one attached hydrogen (secondary N) is 1. The lowest BCUT2D eigenvalue weighted by molar-refractivity contribution is 0.0566. The van der Waals surface area contributed by atoms with Gasteiger partial charge in [-0.15, -0.1) is 0 Å². The monoisotopic (exact) mass is 225 g/mol. The molecule has 0 spiro atoms. The van der Waals surface area contributed by atoms with E-state index in [9.17, 15) is 5.11 Å². The van der Waals surface area contributed by atoms with Gasteiger partial charge in [0.25, 0.3) is 0 Å². The molecule has 0 amide bonds. The van der Waals surface area contributed by atoms with Gasteiger partial charge >= 0.3 is 0 Å². The van der Waals surface area contributed by atoms with Crippen LogP contribution in [0.3, 0.4) is 0 Å². The minimum absolute atomic E-state index is 0.581. The lowest BCUT2D eigenvalue weighted by Gasteiger charge is -2.24. The third-order valence-electron chi connectivity index (χ3n) is 2.76. The number of rotatable bonds is 4. The first-order chi connectivity index (χ1) is 7.08. The Labute approximate surface area is 95.3 Å². The first kappa shape index (κ1) is 10.9. The summed E-state index contributed by atoms with van der Waals surface area (Å²) in [7, 11) is 0. The highest BCUT2D eigenvalue weighted by atomic mass is 35.5. The van der Waals surface area contributed by atoms with Gasteiger partial charge in [0.15, 0.2) is 0 Å². The summed E-state index contributed by atoms with van der Waals surface area (Å²) in [5, 5.41) is 14.3. The molecule has 0 radical (unpaired) electrons. The molecule has 2 nitrogen and oxygen atoms in total. The Morgan fingerprint density at radius 3 is 2.87 bits per heavy atom. The van der Waals surface area contributed by atoms with Gasteiger partial charge in [0.1, 0.15) is 0 Å². The van der Waals surface area contributed by atoms with Crippen LogP contribution in [-0.2, 0) is 5.60 Å². The van der Waals surface area contributed by atoms with Crippen molar-refractivity contribution in [1.82, 2.24) is 5.32 Å². The van der Waals surface area contributed by atoms with Gasteiger partial charge < -0.3 is 10.4 Å². The first-order valence-corrected chi connectivity index (χ1v) is 5.67. The molecule has 1 aromatic rings. The highest BCUT2D eigenvalue weighted by Gasteiger charge is 2.27. The molecule has 0 saturated heterocycles. The number of aliphatic hydroxyl groups is 1. The standard InChI is InChI=1S/C12H16ClNO/c1-12(15,8-14-11-5-6-11)9-3-2-4-10(13)7-9/h2-4,7,11,14-15H,5-6,8H2,1H3. The smallest absolute Gasteiger partial charge is 0.0992 e. The van der Waals surface area contributed by atoms with E-state index >= 15 is 0 Å². The predicted molar refractivity (Wildman–Crippen MR) is 62.0 cm³/mol. The van der Waals surface area contributed by atoms with Crippen LogP contribution in [0.1, 0.15) is 25.3 Å². The van der Waals surface area contributed by atoms with E-state index < -0.39 is 5.60 Å². The summed E-state index contributed by atoms with van der Waals surface area (Å²) in [5.41, 5.74) is 0.0242. The Kier molecular flexibility index (Phi) is 3.01. The molecule has 2 N–H and O–H groups in total. The molecule has 1 saturated carbocycles. The van der Waals surface area contributed by atoms with Gasteiger partial charge in [-0.3, -0.25) is 0 Å². The summed E-state index contributed by atoms with van der Waals surface area (Å²) in [6.45, 7) is 2.39. The zero-order valence-corrected chi connectivity index (χ0v) is 9.59. The predicted octanol–water partition coefficient (Wildman–Crippen LogP) is 2.30. The Morgan fingerprint density at radius 2 is 2.27 bits per heavy atom. The number of benzene rings is 1. The average Bonchev–Trinajstić information content (AvgIpc) is 2.98. The molecule has 1 fully saturated rings. The summed E-state index contributed by atoms with van der Waals surface area (Å²) in [4.78, 5) is 0. The van der Waals surface area contributed by atoms with Crippen molar-refractivity contribution in [2.75, 3.05) is 6.54 Å². The quantitative estimate of drug-likeness (QED) is 0.824. The van der Waals surface area contributed by atoms with Crippen molar-refractivity contribution >= 4 is 11.6 Å². The van der Waals surface area contributed by atoms with Crippen molar-refractivity contribution < 1.29 is 5.11 Å². The second-order valence-electron chi connectivity index (χ2n) is 4.44. The molecule has 0 aromatic heterocycles. The third-order valence-corrected chi connectivity index (χ3v) is 2.99. The number of hydrogen-bond donors (Lipinski definition) is 2. The van der Waals surface area contributed by atoms with Crippen LogP contribution < -0.4 is 5.32 Å². The molecular formula is C12H16ClNO. The maximum Gasteiger partial charge on any atom is 0.0992 e. The molecule has 2 rings (SSSR count). The van der Waals surface area contributed by atoms with Gasteiger partial charge in [0.2, 0.25) is 0 Å². The van der Waals surface area contributed by atoms with Crippen LogP contribution in [0.25, 0.3) is 0 Å². The summed E-state index contributed by atoms with van der Waals surface area (Å²) >= 11 is 5.89. The summed E-state index contributed by atoms with van der Waals surface area (Å²) in [6.07, 6.45) is 2.46. The van der Waals surface area contributed by atoms with Crippen LogP contribution in [-0.4, -0.2) is 17.7 Å². The molecule has 15 heavy (non-hydrogen) atoms. The van der Waals surface area contributed by atoms with Gasteiger partial charge in [0, 0.05) is 17.6 Å².